The van der Waals surface area contributed by atoms with Crippen LogP contribution in [0, 0.1) is 5.92 Å². The van der Waals surface area contributed by atoms with Crippen LogP contribution in [-0.2, 0) is 28.4 Å². The first-order valence-corrected chi connectivity index (χ1v) is 11.9. The molecule has 1 aliphatic rings. The van der Waals surface area contributed by atoms with Crippen molar-refractivity contribution in [3.63, 3.8) is 0 Å². The number of alkyl halides is 6. The molecule has 1 atom stereocenters. The number of unbranched alkanes of at least 4 members (excludes halogenated alkanes) is 3. The van der Waals surface area contributed by atoms with Crippen LogP contribution in [0.1, 0.15) is 71.1 Å². The largest absolute Gasteiger partial charge is 0.481 e. The Balaban J connectivity index is 1.65. The Hall–Kier alpha value is -3.63. The van der Waals surface area contributed by atoms with E-state index >= 15 is 0 Å². The third-order valence-electron chi connectivity index (χ3n) is 6.09. The molecule has 0 radical (unpaired) electrons. The molecular formula is C27H25F6NO4. The van der Waals surface area contributed by atoms with Gasteiger partial charge in [-0.15, -0.1) is 0 Å². The van der Waals surface area contributed by atoms with E-state index < -0.39 is 41.1 Å². The van der Waals surface area contributed by atoms with Gasteiger partial charge in [0.05, 0.1) is 11.1 Å². The lowest BCUT2D eigenvalue weighted by Gasteiger charge is -2.20. The molecule has 0 aliphatic heterocycles. The highest BCUT2D eigenvalue weighted by Crippen LogP contribution is 2.37. The Labute approximate surface area is 214 Å². The molecule has 38 heavy (non-hydrogen) atoms. The lowest BCUT2D eigenvalue weighted by atomic mass is 9.84. The van der Waals surface area contributed by atoms with E-state index in [4.69, 9.17) is 5.11 Å². The van der Waals surface area contributed by atoms with Gasteiger partial charge in [-0.3, -0.25) is 14.4 Å². The number of carbonyl (C=O) groups is 3. The number of fused-ring (bicyclic) bond motifs is 1. The summed E-state index contributed by atoms with van der Waals surface area (Å²) in [4.78, 5) is 35.6. The van der Waals surface area contributed by atoms with Crippen molar-refractivity contribution in [3.8, 4) is 0 Å². The highest BCUT2D eigenvalue weighted by Gasteiger charge is 2.37. The van der Waals surface area contributed by atoms with Crippen LogP contribution in [0.5, 0.6) is 0 Å². The molecule has 5 nitrogen and oxygen atoms in total. The molecule has 0 saturated carbocycles. The number of hydrogen-bond donors (Lipinski definition) is 2. The van der Waals surface area contributed by atoms with Gasteiger partial charge >= 0.3 is 18.3 Å². The maximum absolute atomic E-state index is 13.2. The molecule has 11 heteroatoms. The Kier molecular flexibility index (Phi) is 9.01. The van der Waals surface area contributed by atoms with E-state index in [0.717, 1.165) is 0 Å². The van der Waals surface area contributed by atoms with Gasteiger partial charge in [-0.25, -0.2) is 0 Å². The molecule has 2 aromatic rings. The number of nitrogens with one attached hydrogen (secondary N) is 1. The standard InChI is InChI=1S/C27H25F6NO4/c28-26(29,30)19-12-16(13-20(15-19)27(31,32)33)11-18-8-7-17-14-21(9-10-22(17)25(18)38)34-23(35)5-3-1-2-4-6-24(36)37/h7-10,12-15,18H,1-6,11H2,(H,34,35)(H,36,37). The SMILES string of the molecule is O=C(O)CCCCCCC(=O)Nc1ccc2c(c1)C=CC(Cc1cc(C(F)(F)F)cc(C(F)(F)F)c1)C2=O. The van der Waals surface area contributed by atoms with Crippen molar-refractivity contribution >= 4 is 29.4 Å². The molecular weight excluding hydrogens is 516 g/mol. The molecule has 2 N–H and O–H groups in total. The predicted molar refractivity (Wildman–Crippen MR) is 127 cm³/mol. The maximum Gasteiger partial charge on any atom is 0.416 e. The topological polar surface area (TPSA) is 83.5 Å². The van der Waals surface area contributed by atoms with Crippen molar-refractivity contribution in [2.24, 2.45) is 5.92 Å². The third-order valence-corrected chi connectivity index (χ3v) is 6.09. The number of rotatable bonds is 10. The zero-order valence-electron chi connectivity index (χ0n) is 20.1. The summed E-state index contributed by atoms with van der Waals surface area (Å²) in [7, 11) is 0. The summed E-state index contributed by atoms with van der Waals surface area (Å²) in [6.45, 7) is 0. The summed E-state index contributed by atoms with van der Waals surface area (Å²) in [6, 6.07) is 5.82. The number of anilines is 1. The monoisotopic (exact) mass is 541 g/mol. The minimum atomic E-state index is -4.98. The van der Waals surface area contributed by atoms with Gasteiger partial charge in [-0.05, 0) is 66.8 Å². The minimum absolute atomic E-state index is 0.0482. The number of aliphatic carboxylic acids is 1. The van der Waals surface area contributed by atoms with Gasteiger partial charge in [0.2, 0.25) is 5.91 Å². The molecule has 0 bridgehead atoms. The van der Waals surface area contributed by atoms with Gasteiger partial charge in [0.1, 0.15) is 0 Å². The highest BCUT2D eigenvalue weighted by molar-refractivity contribution is 6.05. The van der Waals surface area contributed by atoms with E-state index in [1.807, 2.05) is 0 Å². The number of ketones is 1. The van der Waals surface area contributed by atoms with Gasteiger partial charge in [0.15, 0.2) is 5.78 Å². The lowest BCUT2D eigenvalue weighted by Crippen LogP contribution is -2.20. The number of carbonyl (C=O) groups excluding carboxylic acids is 2. The number of allylic oxidation sites excluding steroid dienone is 1. The first kappa shape index (κ1) is 28.9. The first-order chi connectivity index (χ1) is 17.7. The number of amides is 1. The molecule has 204 valence electrons. The number of hydrogen-bond acceptors (Lipinski definition) is 3. The summed E-state index contributed by atoms with van der Waals surface area (Å²) < 4.78 is 79.0. The van der Waals surface area contributed by atoms with Gasteiger partial charge in [0.25, 0.3) is 0 Å². The normalized spacial score (nSPS) is 15.3. The Morgan fingerprint density at radius 2 is 1.45 bits per heavy atom. The second-order valence-corrected chi connectivity index (χ2v) is 9.11. The van der Waals surface area contributed by atoms with Crippen LogP contribution in [0.25, 0.3) is 6.08 Å². The van der Waals surface area contributed by atoms with Gasteiger partial charge in [-0.1, -0.05) is 25.0 Å². The van der Waals surface area contributed by atoms with Crippen molar-refractivity contribution in [1.29, 1.82) is 0 Å². The summed E-state index contributed by atoms with van der Waals surface area (Å²) in [5.74, 6) is -2.52. The molecule has 0 heterocycles. The highest BCUT2D eigenvalue weighted by atomic mass is 19.4. The van der Waals surface area contributed by atoms with E-state index in [0.29, 0.717) is 49.1 Å². The number of Topliss-reactive ketones (excluding diaryl/α,β-unsaturated/α-hetero) is 1. The summed E-state index contributed by atoms with van der Waals surface area (Å²) in [5.41, 5.74) is -1.98. The summed E-state index contributed by atoms with van der Waals surface area (Å²) in [6.07, 6.45) is -4.45. The van der Waals surface area contributed by atoms with Gasteiger partial charge < -0.3 is 10.4 Å². The van der Waals surface area contributed by atoms with E-state index in [1.54, 1.807) is 12.1 Å². The fourth-order valence-electron chi connectivity index (χ4n) is 4.20. The summed E-state index contributed by atoms with van der Waals surface area (Å²) >= 11 is 0. The molecule has 3 rings (SSSR count). The quantitative estimate of drug-likeness (QED) is 0.247. The molecule has 1 amide bonds. The Morgan fingerprint density at radius 1 is 0.842 bits per heavy atom. The zero-order valence-corrected chi connectivity index (χ0v) is 20.1. The Morgan fingerprint density at radius 3 is 2.03 bits per heavy atom. The number of carboxylic acid groups (broad SMARTS) is 1. The predicted octanol–water partition coefficient (Wildman–Crippen LogP) is 7.16. The number of benzene rings is 2. The van der Waals surface area contributed by atoms with Crippen molar-refractivity contribution in [3.05, 3.63) is 70.3 Å². The van der Waals surface area contributed by atoms with Crippen molar-refractivity contribution < 1.29 is 45.8 Å². The molecule has 1 aliphatic carbocycles. The van der Waals surface area contributed by atoms with Crippen LogP contribution in [0.2, 0.25) is 0 Å². The van der Waals surface area contributed by atoms with Crippen LogP contribution in [0.3, 0.4) is 0 Å². The van der Waals surface area contributed by atoms with E-state index in [-0.39, 0.29) is 42.4 Å². The smallest absolute Gasteiger partial charge is 0.416 e. The van der Waals surface area contributed by atoms with Crippen LogP contribution < -0.4 is 5.32 Å². The van der Waals surface area contributed by atoms with Crippen molar-refractivity contribution in [1.82, 2.24) is 0 Å². The molecule has 0 spiro atoms. The summed E-state index contributed by atoms with van der Waals surface area (Å²) in [5, 5.41) is 11.3. The van der Waals surface area contributed by atoms with Crippen LogP contribution in [-0.4, -0.2) is 22.8 Å². The second kappa shape index (κ2) is 11.8. The number of carboxylic acids is 1. The molecule has 1 unspecified atom stereocenters. The second-order valence-electron chi connectivity index (χ2n) is 9.11. The lowest BCUT2D eigenvalue weighted by molar-refractivity contribution is -0.143. The van der Waals surface area contributed by atoms with E-state index in [2.05, 4.69) is 5.32 Å². The fourth-order valence-corrected chi connectivity index (χ4v) is 4.20. The van der Waals surface area contributed by atoms with Crippen molar-refractivity contribution in [2.75, 3.05) is 5.32 Å². The van der Waals surface area contributed by atoms with Crippen molar-refractivity contribution in [2.45, 2.75) is 57.3 Å². The Bertz CT molecular complexity index is 1200. The first-order valence-electron chi connectivity index (χ1n) is 11.9. The van der Waals surface area contributed by atoms with Crippen LogP contribution >= 0.6 is 0 Å². The number of halogens is 6. The van der Waals surface area contributed by atoms with Gasteiger partial charge in [0, 0.05) is 30.0 Å². The molecule has 0 saturated heterocycles. The average molecular weight is 541 g/mol. The maximum atomic E-state index is 13.2. The molecule has 0 fully saturated rings. The van der Waals surface area contributed by atoms with E-state index in [9.17, 15) is 40.7 Å². The van der Waals surface area contributed by atoms with Crippen LogP contribution in [0.15, 0.2) is 42.5 Å². The zero-order chi connectivity index (χ0) is 28.1. The van der Waals surface area contributed by atoms with E-state index in [1.165, 1.54) is 18.2 Å². The van der Waals surface area contributed by atoms with Gasteiger partial charge in [-0.2, -0.15) is 26.3 Å². The molecule has 2 aromatic carbocycles. The average Bonchev–Trinajstić information content (AvgIpc) is 2.81. The third kappa shape index (κ3) is 7.93. The van der Waals surface area contributed by atoms with Crippen LogP contribution in [0.4, 0.5) is 32.0 Å². The minimum Gasteiger partial charge on any atom is -0.481 e. The molecule has 0 aromatic heterocycles. The fraction of sp³-hybridized carbons (Fsp3) is 0.370.